The van der Waals surface area contributed by atoms with Crippen molar-refractivity contribution in [1.82, 2.24) is 5.32 Å². The van der Waals surface area contributed by atoms with Gasteiger partial charge < -0.3 is 14.8 Å². The molecular formula is C13H20ClNO2. The zero-order valence-electron chi connectivity index (χ0n) is 10.4. The van der Waals surface area contributed by atoms with Gasteiger partial charge in [0.2, 0.25) is 0 Å². The molecule has 0 aromatic heterocycles. The van der Waals surface area contributed by atoms with Crippen LogP contribution in [0.3, 0.4) is 0 Å². The van der Waals surface area contributed by atoms with Crippen LogP contribution in [0.1, 0.15) is 12.0 Å². The summed E-state index contributed by atoms with van der Waals surface area (Å²) in [5, 5.41) is 3.34. The van der Waals surface area contributed by atoms with E-state index < -0.39 is 0 Å². The molecule has 1 aromatic rings. The van der Waals surface area contributed by atoms with E-state index in [-0.39, 0.29) is 12.4 Å². The van der Waals surface area contributed by atoms with Crippen molar-refractivity contribution in [1.29, 1.82) is 0 Å². The highest BCUT2D eigenvalue weighted by Crippen LogP contribution is 2.28. The second kappa shape index (κ2) is 6.72. The Kier molecular flexibility index (Phi) is 5.59. The summed E-state index contributed by atoms with van der Waals surface area (Å²) >= 11 is 0. The van der Waals surface area contributed by atoms with Crippen LogP contribution in [0.2, 0.25) is 0 Å². The summed E-state index contributed by atoms with van der Waals surface area (Å²) in [6, 6.07) is 6.03. The number of methoxy groups -OCH3 is 1. The maximum absolute atomic E-state index is 5.80. The molecule has 0 radical (unpaired) electrons. The molecule has 0 amide bonds. The van der Waals surface area contributed by atoms with Crippen molar-refractivity contribution in [3.63, 3.8) is 0 Å². The van der Waals surface area contributed by atoms with Gasteiger partial charge in [0, 0.05) is 12.5 Å². The predicted octanol–water partition coefficient (Wildman–Crippen LogP) is 2.41. The molecule has 1 unspecified atom stereocenters. The van der Waals surface area contributed by atoms with Gasteiger partial charge in [-0.3, -0.25) is 0 Å². The number of ether oxygens (including phenoxy) is 2. The lowest BCUT2D eigenvalue weighted by molar-refractivity contribution is 0.247. The first-order chi connectivity index (χ1) is 7.79. The van der Waals surface area contributed by atoms with Gasteiger partial charge in [-0.25, -0.2) is 0 Å². The van der Waals surface area contributed by atoms with Crippen molar-refractivity contribution < 1.29 is 9.47 Å². The Morgan fingerprint density at radius 1 is 1.35 bits per heavy atom. The van der Waals surface area contributed by atoms with Gasteiger partial charge in [-0.15, -0.1) is 12.4 Å². The molecule has 1 saturated heterocycles. The topological polar surface area (TPSA) is 30.5 Å². The van der Waals surface area contributed by atoms with Gasteiger partial charge >= 0.3 is 0 Å². The second-order valence-electron chi connectivity index (χ2n) is 4.32. The summed E-state index contributed by atoms with van der Waals surface area (Å²) < 4.78 is 11.1. The molecule has 1 fully saturated rings. The summed E-state index contributed by atoms with van der Waals surface area (Å²) in [4.78, 5) is 0. The number of benzene rings is 1. The molecule has 0 bridgehead atoms. The number of aryl methyl sites for hydroxylation is 1. The minimum absolute atomic E-state index is 0. The lowest BCUT2D eigenvalue weighted by Gasteiger charge is -2.14. The van der Waals surface area contributed by atoms with E-state index in [0.717, 1.165) is 31.2 Å². The van der Waals surface area contributed by atoms with Crippen molar-refractivity contribution in [3.8, 4) is 11.5 Å². The zero-order chi connectivity index (χ0) is 11.4. The van der Waals surface area contributed by atoms with E-state index in [1.807, 2.05) is 25.1 Å². The van der Waals surface area contributed by atoms with E-state index >= 15 is 0 Å². The van der Waals surface area contributed by atoms with Crippen molar-refractivity contribution in [2.24, 2.45) is 5.92 Å². The smallest absolute Gasteiger partial charge is 0.161 e. The first kappa shape index (κ1) is 14.1. The number of hydrogen-bond donors (Lipinski definition) is 1. The molecule has 0 aliphatic carbocycles. The van der Waals surface area contributed by atoms with E-state index in [9.17, 15) is 0 Å². The molecule has 1 N–H and O–H groups in total. The van der Waals surface area contributed by atoms with Gasteiger partial charge in [0.25, 0.3) is 0 Å². The van der Waals surface area contributed by atoms with Crippen molar-refractivity contribution in [2.75, 3.05) is 26.8 Å². The van der Waals surface area contributed by atoms with Crippen LogP contribution in [0, 0.1) is 12.8 Å². The standard InChI is InChI=1S/C13H19NO2.ClH/c1-10-3-4-12(13(7-10)15-2)16-9-11-5-6-14-8-11;/h3-4,7,11,14H,5-6,8-9H2,1-2H3;1H. The summed E-state index contributed by atoms with van der Waals surface area (Å²) in [7, 11) is 1.68. The third-order valence-corrected chi connectivity index (χ3v) is 2.96. The minimum atomic E-state index is 0. The Labute approximate surface area is 109 Å². The van der Waals surface area contributed by atoms with Crippen LogP contribution >= 0.6 is 12.4 Å². The largest absolute Gasteiger partial charge is 0.493 e. The molecule has 0 spiro atoms. The maximum Gasteiger partial charge on any atom is 0.161 e. The average Bonchev–Trinajstić information content (AvgIpc) is 2.80. The molecule has 2 rings (SSSR count). The summed E-state index contributed by atoms with van der Waals surface area (Å²) in [5.74, 6) is 2.30. The zero-order valence-corrected chi connectivity index (χ0v) is 11.2. The van der Waals surface area contributed by atoms with Crippen LogP contribution in [0.5, 0.6) is 11.5 Å². The van der Waals surface area contributed by atoms with Gasteiger partial charge in [-0.05, 0) is 37.6 Å². The van der Waals surface area contributed by atoms with Crippen LogP contribution in [0.15, 0.2) is 18.2 Å². The lowest BCUT2D eigenvalue weighted by atomic mass is 10.1. The molecular weight excluding hydrogens is 238 g/mol. The van der Waals surface area contributed by atoms with Crippen molar-refractivity contribution in [2.45, 2.75) is 13.3 Å². The van der Waals surface area contributed by atoms with Gasteiger partial charge in [0.05, 0.1) is 13.7 Å². The van der Waals surface area contributed by atoms with Crippen LogP contribution < -0.4 is 14.8 Å². The normalized spacial score (nSPS) is 18.6. The quantitative estimate of drug-likeness (QED) is 0.899. The molecule has 1 atom stereocenters. The van der Waals surface area contributed by atoms with E-state index in [0.29, 0.717) is 5.92 Å². The fraction of sp³-hybridized carbons (Fsp3) is 0.538. The van der Waals surface area contributed by atoms with E-state index in [4.69, 9.17) is 9.47 Å². The molecule has 17 heavy (non-hydrogen) atoms. The molecule has 3 nitrogen and oxygen atoms in total. The molecule has 1 aliphatic heterocycles. The first-order valence-corrected chi connectivity index (χ1v) is 5.78. The minimum Gasteiger partial charge on any atom is -0.493 e. The molecule has 0 saturated carbocycles. The fourth-order valence-corrected chi connectivity index (χ4v) is 1.96. The highest BCUT2D eigenvalue weighted by atomic mass is 35.5. The number of rotatable bonds is 4. The Morgan fingerprint density at radius 3 is 2.82 bits per heavy atom. The summed E-state index contributed by atoms with van der Waals surface area (Å²) in [6.07, 6.45) is 1.20. The van der Waals surface area contributed by atoms with Crippen molar-refractivity contribution in [3.05, 3.63) is 23.8 Å². The van der Waals surface area contributed by atoms with E-state index in [1.54, 1.807) is 7.11 Å². The Morgan fingerprint density at radius 2 is 2.18 bits per heavy atom. The molecule has 96 valence electrons. The predicted molar refractivity (Wildman–Crippen MR) is 71.5 cm³/mol. The molecule has 1 heterocycles. The van der Waals surface area contributed by atoms with Gasteiger partial charge in [-0.1, -0.05) is 6.07 Å². The fourth-order valence-electron chi connectivity index (χ4n) is 1.96. The number of nitrogens with one attached hydrogen (secondary N) is 1. The van der Waals surface area contributed by atoms with Crippen LogP contribution in [0.25, 0.3) is 0 Å². The Hall–Kier alpha value is -0.930. The van der Waals surface area contributed by atoms with Gasteiger partial charge in [0.1, 0.15) is 0 Å². The first-order valence-electron chi connectivity index (χ1n) is 5.78. The number of halogens is 1. The summed E-state index contributed by atoms with van der Waals surface area (Å²) in [5.41, 5.74) is 1.19. The monoisotopic (exact) mass is 257 g/mol. The van der Waals surface area contributed by atoms with Crippen molar-refractivity contribution >= 4 is 12.4 Å². The van der Waals surface area contributed by atoms with Gasteiger partial charge in [-0.2, -0.15) is 0 Å². The van der Waals surface area contributed by atoms with Crippen LogP contribution in [0.4, 0.5) is 0 Å². The second-order valence-corrected chi connectivity index (χ2v) is 4.32. The lowest BCUT2D eigenvalue weighted by Crippen LogP contribution is -2.15. The number of hydrogen-bond acceptors (Lipinski definition) is 3. The third-order valence-electron chi connectivity index (χ3n) is 2.96. The van der Waals surface area contributed by atoms with Gasteiger partial charge in [0.15, 0.2) is 11.5 Å². The van der Waals surface area contributed by atoms with E-state index in [1.165, 1.54) is 12.0 Å². The third kappa shape index (κ3) is 3.79. The Bertz CT molecular complexity index is 351. The SMILES string of the molecule is COc1cc(C)ccc1OCC1CCNC1.Cl. The van der Waals surface area contributed by atoms with Crippen LogP contribution in [-0.4, -0.2) is 26.8 Å². The highest BCUT2D eigenvalue weighted by molar-refractivity contribution is 5.85. The maximum atomic E-state index is 5.80. The molecule has 1 aromatic carbocycles. The molecule has 1 aliphatic rings. The Balaban J connectivity index is 0.00000144. The average molecular weight is 258 g/mol. The highest BCUT2D eigenvalue weighted by Gasteiger charge is 2.15. The van der Waals surface area contributed by atoms with Crippen LogP contribution in [-0.2, 0) is 0 Å². The van der Waals surface area contributed by atoms with E-state index in [2.05, 4.69) is 5.32 Å². The molecule has 4 heteroatoms. The summed E-state index contributed by atoms with van der Waals surface area (Å²) in [6.45, 7) is 4.99.